The number of esters is 1. The van der Waals surface area contributed by atoms with Crippen LogP contribution in [0.3, 0.4) is 0 Å². The van der Waals surface area contributed by atoms with Crippen LogP contribution in [-0.4, -0.2) is 40.8 Å². The van der Waals surface area contributed by atoms with Crippen molar-refractivity contribution in [2.24, 2.45) is 0 Å². The first-order chi connectivity index (χ1) is 16.0. The SMILES string of the molecule is C[N+]1(Cc2ccc(-c3ccccc3)cc2)C2CCC1CC(OC(=O)C(O)c1ccccc1)C2. The molecule has 2 heterocycles. The molecule has 5 rings (SSSR count). The van der Waals surface area contributed by atoms with Crippen molar-refractivity contribution in [1.82, 2.24) is 0 Å². The number of rotatable bonds is 6. The van der Waals surface area contributed by atoms with E-state index >= 15 is 0 Å². The van der Waals surface area contributed by atoms with Gasteiger partial charge >= 0.3 is 5.97 Å². The van der Waals surface area contributed by atoms with E-state index in [1.54, 1.807) is 12.1 Å². The Kier molecular flexibility index (Phi) is 6.05. The summed E-state index contributed by atoms with van der Waals surface area (Å²) in [6.07, 6.45) is 2.73. The number of hydrogen-bond donors (Lipinski definition) is 1. The van der Waals surface area contributed by atoms with Gasteiger partial charge in [-0.1, -0.05) is 84.9 Å². The fourth-order valence-electron chi connectivity index (χ4n) is 5.87. The van der Waals surface area contributed by atoms with Crippen LogP contribution in [0.2, 0.25) is 0 Å². The first kappa shape index (κ1) is 21.9. The Balaban J connectivity index is 1.23. The highest BCUT2D eigenvalue weighted by molar-refractivity contribution is 5.76. The van der Waals surface area contributed by atoms with Crippen molar-refractivity contribution in [2.45, 2.75) is 56.5 Å². The third-order valence-corrected chi connectivity index (χ3v) is 7.78. The molecule has 170 valence electrons. The zero-order valence-electron chi connectivity index (χ0n) is 19.1. The number of ether oxygens (including phenoxy) is 1. The summed E-state index contributed by atoms with van der Waals surface area (Å²) in [6, 6.07) is 29.4. The zero-order valence-corrected chi connectivity index (χ0v) is 19.1. The maximum Gasteiger partial charge on any atom is 0.339 e. The summed E-state index contributed by atoms with van der Waals surface area (Å²) >= 11 is 0. The van der Waals surface area contributed by atoms with Crippen molar-refractivity contribution in [3.8, 4) is 11.1 Å². The molecule has 0 amide bonds. The quantitative estimate of drug-likeness (QED) is 0.418. The second-order valence-electron chi connectivity index (χ2n) is 9.80. The van der Waals surface area contributed by atoms with Crippen LogP contribution in [0, 0.1) is 0 Å². The largest absolute Gasteiger partial charge is 0.460 e. The standard InChI is InChI=1S/C29H32NO3/c1-30(20-21-12-14-23(15-13-21)22-8-4-2-5-9-22)25-16-17-26(30)19-27(18-25)33-29(32)28(31)24-10-6-3-7-11-24/h2-15,25-28,31H,16-20H2,1H3/q+1. The lowest BCUT2D eigenvalue weighted by molar-refractivity contribution is -0.961. The molecule has 0 aliphatic carbocycles. The summed E-state index contributed by atoms with van der Waals surface area (Å²) in [7, 11) is 2.37. The Morgan fingerprint density at radius 2 is 1.42 bits per heavy atom. The molecule has 2 aliphatic rings. The number of quaternary nitrogens is 1. The van der Waals surface area contributed by atoms with Crippen LogP contribution in [0.5, 0.6) is 0 Å². The molecule has 2 fully saturated rings. The lowest BCUT2D eigenvalue weighted by Gasteiger charge is -2.47. The summed E-state index contributed by atoms with van der Waals surface area (Å²) in [6.45, 7) is 0.998. The highest BCUT2D eigenvalue weighted by atomic mass is 16.6. The summed E-state index contributed by atoms with van der Waals surface area (Å²) in [4.78, 5) is 12.6. The molecule has 3 unspecified atom stereocenters. The maximum atomic E-state index is 12.6. The van der Waals surface area contributed by atoms with Gasteiger partial charge in [0.25, 0.3) is 0 Å². The molecular weight excluding hydrogens is 410 g/mol. The average molecular weight is 443 g/mol. The molecule has 4 nitrogen and oxygen atoms in total. The van der Waals surface area contributed by atoms with E-state index in [9.17, 15) is 9.90 Å². The second kappa shape index (κ2) is 9.12. The number of piperidine rings is 1. The lowest BCUT2D eigenvalue weighted by atomic mass is 9.95. The van der Waals surface area contributed by atoms with Crippen LogP contribution < -0.4 is 0 Å². The maximum absolute atomic E-state index is 12.6. The highest BCUT2D eigenvalue weighted by Crippen LogP contribution is 2.43. The van der Waals surface area contributed by atoms with Crippen LogP contribution in [0.15, 0.2) is 84.9 Å². The van der Waals surface area contributed by atoms with E-state index in [4.69, 9.17) is 4.74 Å². The number of nitrogens with zero attached hydrogens (tertiary/aromatic N) is 1. The number of hydrogen-bond acceptors (Lipinski definition) is 3. The molecule has 2 bridgehead atoms. The van der Waals surface area contributed by atoms with Crippen molar-refractivity contribution in [2.75, 3.05) is 7.05 Å². The van der Waals surface area contributed by atoms with Gasteiger partial charge in [0.15, 0.2) is 6.10 Å². The van der Waals surface area contributed by atoms with Crippen LogP contribution in [0.25, 0.3) is 11.1 Å². The molecule has 1 N–H and O–H groups in total. The second-order valence-corrected chi connectivity index (χ2v) is 9.80. The number of aliphatic hydroxyl groups is 1. The molecule has 3 atom stereocenters. The minimum atomic E-state index is -1.21. The summed E-state index contributed by atoms with van der Waals surface area (Å²) < 4.78 is 6.81. The molecule has 0 spiro atoms. The normalized spacial score (nSPS) is 27.2. The average Bonchev–Trinajstić information content (AvgIpc) is 3.01. The van der Waals surface area contributed by atoms with Gasteiger partial charge in [-0.25, -0.2) is 4.79 Å². The van der Waals surface area contributed by atoms with Crippen molar-refractivity contribution in [3.63, 3.8) is 0 Å². The van der Waals surface area contributed by atoms with Gasteiger partial charge < -0.3 is 14.3 Å². The number of aliphatic hydroxyl groups excluding tert-OH is 1. The van der Waals surface area contributed by atoms with Gasteiger partial charge in [-0.2, -0.15) is 0 Å². The lowest BCUT2D eigenvalue weighted by Crippen LogP contribution is -2.58. The molecule has 0 radical (unpaired) electrons. The van der Waals surface area contributed by atoms with Gasteiger partial charge in [-0.15, -0.1) is 0 Å². The van der Waals surface area contributed by atoms with E-state index in [2.05, 4.69) is 55.6 Å². The molecule has 0 saturated carbocycles. The van der Waals surface area contributed by atoms with E-state index in [1.165, 1.54) is 29.5 Å². The molecule has 3 aromatic rings. The van der Waals surface area contributed by atoms with E-state index in [-0.39, 0.29) is 6.10 Å². The minimum absolute atomic E-state index is 0.111. The van der Waals surface area contributed by atoms with E-state index < -0.39 is 12.1 Å². The number of benzene rings is 3. The number of carbonyl (C=O) groups is 1. The molecule has 3 aromatic carbocycles. The molecule has 0 aromatic heterocycles. The van der Waals surface area contributed by atoms with Crippen LogP contribution in [0.4, 0.5) is 0 Å². The van der Waals surface area contributed by atoms with Crippen LogP contribution in [0.1, 0.15) is 42.9 Å². The van der Waals surface area contributed by atoms with Gasteiger partial charge in [0.1, 0.15) is 12.6 Å². The van der Waals surface area contributed by atoms with Crippen molar-refractivity contribution >= 4 is 5.97 Å². The fraction of sp³-hybridized carbons (Fsp3) is 0.345. The summed E-state index contributed by atoms with van der Waals surface area (Å²) in [5.41, 5.74) is 4.42. The molecule has 2 aliphatic heterocycles. The molecular formula is C29H32NO3+. The van der Waals surface area contributed by atoms with Crippen LogP contribution in [-0.2, 0) is 16.1 Å². The van der Waals surface area contributed by atoms with Crippen LogP contribution >= 0.6 is 0 Å². The van der Waals surface area contributed by atoms with Crippen molar-refractivity contribution in [1.29, 1.82) is 0 Å². The Morgan fingerprint density at radius 3 is 2.03 bits per heavy atom. The Bertz CT molecular complexity index is 1070. The molecule has 33 heavy (non-hydrogen) atoms. The highest BCUT2D eigenvalue weighted by Gasteiger charge is 2.52. The topological polar surface area (TPSA) is 46.5 Å². The summed E-state index contributed by atoms with van der Waals surface area (Å²) in [5.74, 6) is -0.529. The van der Waals surface area contributed by atoms with Gasteiger partial charge in [0.05, 0.1) is 19.1 Å². The Labute approximate surface area is 196 Å². The first-order valence-corrected chi connectivity index (χ1v) is 12.0. The molecule has 2 saturated heterocycles. The van der Waals surface area contributed by atoms with Gasteiger partial charge in [0, 0.05) is 31.2 Å². The molecule has 4 heteroatoms. The van der Waals surface area contributed by atoms with E-state index in [1.807, 2.05) is 24.3 Å². The summed E-state index contributed by atoms with van der Waals surface area (Å²) in [5, 5.41) is 10.4. The predicted molar refractivity (Wildman–Crippen MR) is 129 cm³/mol. The van der Waals surface area contributed by atoms with Gasteiger partial charge in [0.2, 0.25) is 0 Å². The third kappa shape index (κ3) is 4.46. The fourth-order valence-corrected chi connectivity index (χ4v) is 5.87. The third-order valence-electron chi connectivity index (χ3n) is 7.78. The number of fused-ring (bicyclic) bond motifs is 2. The minimum Gasteiger partial charge on any atom is -0.460 e. The van der Waals surface area contributed by atoms with Crippen molar-refractivity contribution < 1.29 is 19.1 Å². The van der Waals surface area contributed by atoms with E-state index in [0.717, 1.165) is 23.9 Å². The van der Waals surface area contributed by atoms with Gasteiger partial charge in [-0.3, -0.25) is 0 Å². The van der Waals surface area contributed by atoms with Gasteiger partial charge in [-0.05, 0) is 16.7 Å². The Morgan fingerprint density at radius 1 is 0.879 bits per heavy atom. The van der Waals surface area contributed by atoms with E-state index in [0.29, 0.717) is 17.6 Å². The number of carbonyl (C=O) groups excluding carboxylic acids is 1. The smallest absolute Gasteiger partial charge is 0.339 e. The predicted octanol–water partition coefficient (Wildman–Crippen LogP) is 5.27. The Hall–Kier alpha value is -2.95. The van der Waals surface area contributed by atoms with Crippen molar-refractivity contribution in [3.05, 3.63) is 96.1 Å². The zero-order chi connectivity index (χ0) is 22.8. The first-order valence-electron chi connectivity index (χ1n) is 12.0. The monoisotopic (exact) mass is 442 g/mol.